The highest BCUT2D eigenvalue weighted by Gasteiger charge is 2.30. The maximum atomic E-state index is 12.9. The predicted molar refractivity (Wildman–Crippen MR) is 100 cm³/mol. The number of fused-ring (bicyclic) bond motifs is 1. The summed E-state index contributed by atoms with van der Waals surface area (Å²) in [6.07, 6.45) is 0. The minimum Gasteiger partial charge on any atom is -0.462 e. The van der Waals surface area contributed by atoms with Gasteiger partial charge in [-0.25, -0.2) is 4.79 Å². The number of ketones is 1. The molecule has 122 valence electrons. The molecule has 2 aromatic carbocycles. The van der Waals surface area contributed by atoms with Crippen LogP contribution in [0.3, 0.4) is 0 Å². The molecule has 0 bridgehead atoms. The Kier molecular flexibility index (Phi) is 5.48. The molecule has 0 amide bonds. The fourth-order valence-corrected chi connectivity index (χ4v) is 5.25. The summed E-state index contributed by atoms with van der Waals surface area (Å²) in [4.78, 5) is 27.3. The third-order valence-corrected chi connectivity index (χ3v) is 6.29. The summed E-state index contributed by atoms with van der Waals surface area (Å²) < 4.78 is 6.75. The third kappa shape index (κ3) is 3.61. The van der Waals surface area contributed by atoms with Crippen molar-refractivity contribution < 1.29 is 14.3 Å². The Labute approximate surface area is 157 Å². The monoisotopic (exact) mass is 420 g/mol. The van der Waals surface area contributed by atoms with E-state index in [1.54, 1.807) is 31.2 Å². The van der Waals surface area contributed by atoms with E-state index < -0.39 is 5.97 Å². The molecule has 1 aliphatic rings. The van der Waals surface area contributed by atoms with Crippen LogP contribution in [0.4, 0.5) is 0 Å². The minimum absolute atomic E-state index is 0.102. The molecule has 0 unspecified atom stereocenters. The molecule has 1 aliphatic heterocycles. The predicted octanol–water partition coefficient (Wildman–Crippen LogP) is 5.30. The lowest BCUT2D eigenvalue weighted by Crippen LogP contribution is -2.17. The molecule has 0 fully saturated rings. The van der Waals surface area contributed by atoms with Gasteiger partial charge in [-0.05, 0) is 25.1 Å². The molecule has 0 radical (unpaired) electrons. The van der Waals surface area contributed by atoms with Crippen LogP contribution in [0.15, 0.2) is 72.6 Å². The zero-order valence-corrected chi connectivity index (χ0v) is 16.0. The summed E-state index contributed by atoms with van der Waals surface area (Å²) >= 11 is 6.30. The first-order valence-electron chi connectivity index (χ1n) is 7.26. The number of Topliss-reactive ketones (excluding diaryl/α,β-unsaturated/α-hetero) is 1. The number of hydrogen-bond acceptors (Lipinski definition) is 5. The smallest absolute Gasteiger partial charge is 0.343 e. The lowest BCUT2D eigenvalue weighted by atomic mass is 10.1. The molecule has 0 aliphatic carbocycles. The number of ether oxygens (including phenoxy) is 1. The van der Waals surface area contributed by atoms with Gasteiger partial charge in [0.2, 0.25) is 5.78 Å². The molecule has 0 saturated heterocycles. The van der Waals surface area contributed by atoms with Gasteiger partial charge in [-0.3, -0.25) is 4.79 Å². The van der Waals surface area contributed by atoms with E-state index in [9.17, 15) is 9.59 Å². The van der Waals surface area contributed by atoms with E-state index in [-0.39, 0.29) is 18.0 Å². The molecule has 0 saturated carbocycles. The Bertz CT molecular complexity index is 831. The second kappa shape index (κ2) is 7.59. The van der Waals surface area contributed by atoms with E-state index in [4.69, 9.17) is 4.74 Å². The lowest BCUT2D eigenvalue weighted by molar-refractivity contribution is -0.138. The summed E-state index contributed by atoms with van der Waals surface area (Å²) in [5, 5.41) is 0. The van der Waals surface area contributed by atoms with Crippen LogP contribution >= 0.6 is 39.5 Å². The molecule has 1 heterocycles. The molecule has 2 aromatic rings. The van der Waals surface area contributed by atoms with E-state index >= 15 is 0 Å². The number of rotatable bonds is 4. The van der Waals surface area contributed by atoms with E-state index in [1.165, 1.54) is 23.5 Å². The van der Waals surface area contributed by atoms with Gasteiger partial charge in [-0.2, -0.15) is 0 Å². The average Bonchev–Trinajstić information content (AvgIpc) is 2.98. The lowest BCUT2D eigenvalue weighted by Gasteiger charge is -2.08. The number of carbonyl (C=O) groups is 2. The third-order valence-electron chi connectivity index (χ3n) is 3.26. The van der Waals surface area contributed by atoms with Crippen LogP contribution < -0.4 is 0 Å². The van der Waals surface area contributed by atoms with Crippen LogP contribution in [-0.4, -0.2) is 18.4 Å². The van der Waals surface area contributed by atoms with Crippen molar-refractivity contribution in [2.24, 2.45) is 0 Å². The molecule has 0 atom stereocenters. The van der Waals surface area contributed by atoms with Crippen molar-refractivity contribution in [1.29, 1.82) is 0 Å². The Morgan fingerprint density at radius 3 is 2.46 bits per heavy atom. The molecule has 0 N–H and O–H groups in total. The van der Waals surface area contributed by atoms with Crippen LogP contribution in [0.2, 0.25) is 0 Å². The summed E-state index contributed by atoms with van der Waals surface area (Å²) in [7, 11) is 0. The van der Waals surface area contributed by atoms with Crippen molar-refractivity contribution in [1.82, 2.24) is 0 Å². The fourth-order valence-electron chi connectivity index (χ4n) is 2.17. The number of carbonyl (C=O) groups excluding carboxylic acids is 2. The largest absolute Gasteiger partial charge is 0.462 e. The van der Waals surface area contributed by atoms with Gasteiger partial charge >= 0.3 is 5.97 Å². The maximum Gasteiger partial charge on any atom is 0.343 e. The number of hydrogen-bond donors (Lipinski definition) is 0. The zero-order valence-electron chi connectivity index (χ0n) is 12.7. The first-order chi connectivity index (χ1) is 11.6. The van der Waals surface area contributed by atoms with Crippen LogP contribution in [-0.2, 0) is 9.53 Å². The standard InChI is InChI=1S/C18H13BrO3S2/c1-2-22-17(21)15(16(20)11-6-4-3-5-7-11)18-23-13-9-8-12(19)10-14(13)24-18/h3-10H,2H2,1H3. The van der Waals surface area contributed by atoms with Gasteiger partial charge in [0.05, 0.1) is 10.8 Å². The summed E-state index contributed by atoms with van der Waals surface area (Å²) in [5.41, 5.74) is 0.580. The Morgan fingerprint density at radius 1 is 1.04 bits per heavy atom. The van der Waals surface area contributed by atoms with Gasteiger partial charge in [-0.15, -0.1) is 0 Å². The van der Waals surface area contributed by atoms with Crippen molar-refractivity contribution in [3.63, 3.8) is 0 Å². The highest BCUT2D eigenvalue weighted by molar-refractivity contribution is 9.10. The van der Waals surface area contributed by atoms with Crippen molar-refractivity contribution in [2.75, 3.05) is 6.61 Å². The topological polar surface area (TPSA) is 43.4 Å². The molecular weight excluding hydrogens is 408 g/mol. The fraction of sp³-hybridized carbons (Fsp3) is 0.111. The Morgan fingerprint density at radius 2 is 1.75 bits per heavy atom. The van der Waals surface area contributed by atoms with Crippen LogP contribution in [0.1, 0.15) is 17.3 Å². The highest BCUT2D eigenvalue weighted by Crippen LogP contribution is 2.53. The number of halogens is 1. The summed E-state index contributed by atoms with van der Waals surface area (Å²) in [6, 6.07) is 14.7. The second-order valence-corrected chi connectivity index (χ2v) is 8.15. The summed E-state index contributed by atoms with van der Waals surface area (Å²) in [5.74, 6) is -0.885. The first-order valence-corrected chi connectivity index (χ1v) is 9.69. The minimum atomic E-state index is -0.576. The van der Waals surface area contributed by atoms with Gasteiger partial charge < -0.3 is 4.74 Å². The Balaban J connectivity index is 2.03. The van der Waals surface area contributed by atoms with Crippen LogP contribution in [0, 0.1) is 0 Å². The maximum absolute atomic E-state index is 12.9. The van der Waals surface area contributed by atoms with Crippen molar-refractivity contribution in [3.8, 4) is 0 Å². The molecule has 0 spiro atoms. The van der Waals surface area contributed by atoms with E-state index in [0.29, 0.717) is 9.80 Å². The second-order valence-electron chi connectivity index (χ2n) is 4.87. The molecule has 24 heavy (non-hydrogen) atoms. The zero-order chi connectivity index (χ0) is 17.1. The molecule has 6 heteroatoms. The van der Waals surface area contributed by atoms with Crippen LogP contribution in [0.25, 0.3) is 0 Å². The highest BCUT2D eigenvalue weighted by atomic mass is 79.9. The first kappa shape index (κ1) is 17.3. The van der Waals surface area contributed by atoms with E-state index in [1.807, 2.05) is 24.3 Å². The summed E-state index contributed by atoms with van der Waals surface area (Å²) in [6.45, 7) is 1.96. The molecule has 3 rings (SSSR count). The SMILES string of the molecule is CCOC(=O)C(C(=O)c1ccccc1)=C1Sc2ccc(Br)cc2S1. The van der Waals surface area contributed by atoms with Gasteiger partial charge in [0.15, 0.2) is 0 Å². The van der Waals surface area contributed by atoms with Gasteiger partial charge in [0, 0.05) is 19.8 Å². The average molecular weight is 421 g/mol. The molecule has 0 aromatic heterocycles. The molecular formula is C18H13BrO3S2. The van der Waals surface area contributed by atoms with Gasteiger partial charge in [-0.1, -0.05) is 69.8 Å². The van der Waals surface area contributed by atoms with E-state index in [0.717, 1.165) is 14.3 Å². The number of thioether (sulfide) groups is 2. The Hall–Kier alpha value is -1.50. The number of benzene rings is 2. The van der Waals surface area contributed by atoms with Crippen LogP contribution in [0.5, 0.6) is 0 Å². The molecule has 3 nitrogen and oxygen atoms in total. The number of esters is 1. The van der Waals surface area contributed by atoms with Gasteiger partial charge in [0.25, 0.3) is 0 Å². The van der Waals surface area contributed by atoms with Gasteiger partial charge in [0.1, 0.15) is 5.57 Å². The van der Waals surface area contributed by atoms with Crippen molar-refractivity contribution >= 4 is 51.2 Å². The van der Waals surface area contributed by atoms with E-state index in [2.05, 4.69) is 15.9 Å². The van der Waals surface area contributed by atoms with Crippen molar-refractivity contribution in [3.05, 3.63) is 68.4 Å². The van der Waals surface area contributed by atoms with Crippen molar-refractivity contribution in [2.45, 2.75) is 16.7 Å². The normalized spacial score (nSPS) is 14.9. The quantitative estimate of drug-likeness (QED) is 0.220.